The van der Waals surface area contributed by atoms with E-state index in [9.17, 15) is 22.8 Å². The Morgan fingerprint density at radius 1 is 0.818 bits per heavy atom. The minimum Gasteiger partial charge on any atom is -0.366 e. The van der Waals surface area contributed by atoms with Crippen molar-refractivity contribution in [2.45, 2.75) is 11.3 Å². The summed E-state index contributed by atoms with van der Waals surface area (Å²) in [5, 5.41) is 2.55. The standard InChI is InChI=1S/C23H20N4O5S/c24-21(28)16-10-17(22(25)29)12-18(11-16)26-23(30)15-5-3-6-19(13-15)33(31,32)27-9-8-14-4-1-2-7-20(14)27/h1-7,10-13H,8-9H2,(H2,24,28)(H2,25,29)(H,26,30). The average Bonchev–Trinajstić information content (AvgIpc) is 3.24. The number of carbonyl (C=O) groups is 3. The molecule has 3 aromatic rings. The van der Waals surface area contributed by atoms with Crippen LogP contribution in [-0.2, 0) is 16.4 Å². The molecule has 1 aliphatic heterocycles. The van der Waals surface area contributed by atoms with Gasteiger partial charge in [0.15, 0.2) is 0 Å². The van der Waals surface area contributed by atoms with Crippen LogP contribution in [0.25, 0.3) is 0 Å². The van der Waals surface area contributed by atoms with Crippen molar-refractivity contribution >= 4 is 39.1 Å². The topological polar surface area (TPSA) is 153 Å². The van der Waals surface area contributed by atoms with Crippen LogP contribution in [0.2, 0.25) is 0 Å². The summed E-state index contributed by atoms with van der Waals surface area (Å²) >= 11 is 0. The van der Waals surface area contributed by atoms with E-state index in [4.69, 9.17) is 11.5 Å². The molecule has 0 aromatic heterocycles. The Morgan fingerprint density at radius 2 is 1.48 bits per heavy atom. The summed E-state index contributed by atoms with van der Waals surface area (Å²) in [5.41, 5.74) is 12.3. The van der Waals surface area contributed by atoms with E-state index in [1.807, 2.05) is 12.1 Å². The Balaban J connectivity index is 1.63. The highest BCUT2D eigenvalue weighted by Gasteiger charge is 2.31. The van der Waals surface area contributed by atoms with Crippen molar-refractivity contribution in [3.05, 3.63) is 89.0 Å². The van der Waals surface area contributed by atoms with E-state index >= 15 is 0 Å². The number of amides is 3. The largest absolute Gasteiger partial charge is 0.366 e. The lowest BCUT2D eigenvalue weighted by Gasteiger charge is -2.20. The number of nitrogens with two attached hydrogens (primary N) is 2. The third-order valence-corrected chi connectivity index (χ3v) is 7.10. The Morgan fingerprint density at radius 3 is 2.15 bits per heavy atom. The van der Waals surface area contributed by atoms with Gasteiger partial charge in [-0.3, -0.25) is 18.7 Å². The highest BCUT2D eigenvalue weighted by molar-refractivity contribution is 7.92. The number of nitrogens with zero attached hydrogens (tertiary/aromatic N) is 1. The van der Waals surface area contributed by atoms with Crippen LogP contribution in [0.15, 0.2) is 71.6 Å². The zero-order chi connectivity index (χ0) is 23.8. The van der Waals surface area contributed by atoms with Gasteiger partial charge < -0.3 is 16.8 Å². The molecular weight excluding hydrogens is 444 g/mol. The van der Waals surface area contributed by atoms with E-state index < -0.39 is 27.7 Å². The van der Waals surface area contributed by atoms with Crippen LogP contribution in [0.4, 0.5) is 11.4 Å². The lowest BCUT2D eigenvalue weighted by molar-refractivity contribution is 0.0994. The summed E-state index contributed by atoms with van der Waals surface area (Å²) in [6.07, 6.45) is 0.605. The molecule has 33 heavy (non-hydrogen) atoms. The molecule has 0 saturated heterocycles. The first-order valence-electron chi connectivity index (χ1n) is 9.93. The third-order valence-electron chi connectivity index (χ3n) is 5.29. The van der Waals surface area contributed by atoms with E-state index in [2.05, 4.69) is 5.32 Å². The predicted octanol–water partition coefficient (Wildman–Crippen LogP) is 1.89. The van der Waals surface area contributed by atoms with Gasteiger partial charge in [0.1, 0.15) is 0 Å². The fourth-order valence-corrected chi connectivity index (χ4v) is 5.22. The third kappa shape index (κ3) is 4.28. The lowest BCUT2D eigenvalue weighted by atomic mass is 10.1. The molecule has 10 heteroatoms. The van der Waals surface area contributed by atoms with Crippen LogP contribution in [0.3, 0.4) is 0 Å². The first-order chi connectivity index (χ1) is 15.7. The van der Waals surface area contributed by atoms with Gasteiger partial charge in [0.05, 0.1) is 10.6 Å². The molecule has 0 bridgehead atoms. The SMILES string of the molecule is NC(=O)c1cc(NC(=O)c2cccc(S(=O)(=O)N3CCc4ccccc43)c2)cc(C(N)=O)c1. The Kier molecular flexibility index (Phi) is 5.60. The Labute approximate surface area is 190 Å². The molecule has 5 N–H and O–H groups in total. The first-order valence-corrected chi connectivity index (χ1v) is 11.4. The number of hydrogen-bond donors (Lipinski definition) is 3. The number of hydrogen-bond acceptors (Lipinski definition) is 5. The molecule has 168 valence electrons. The Hall–Kier alpha value is -4.18. The second-order valence-electron chi connectivity index (χ2n) is 7.47. The van der Waals surface area contributed by atoms with Crippen LogP contribution in [0.5, 0.6) is 0 Å². The van der Waals surface area contributed by atoms with Gasteiger partial charge in [-0.2, -0.15) is 0 Å². The van der Waals surface area contributed by atoms with Crippen molar-refractivity contribution in [2.24, 2.45) is 11.5 Å². The minimum atomic E-state index is -3.89. The fourth-order valence-electron chi connectivity index (χ4n) is 3.67. The predicted molar refractivity (Wildman–Crippen MR) is 123 cm³/mol. The van der Waals surface area contributed by atoms with Crippen molar-refractivity contribution in [2.75, 3.05) is 16.2 Å². The number of fused-ring (bicyclic) bond motifs is 1. The van der Waals surface area contributed by atoms with Crippen LogP contribution in [0, 0.1) is 0 Å². The molecule has 3 aromatic carbocycles. The molecule has 0 unspecified atom stereocenters. The van der Waals surface area contributed by atoms with Crippen molar-refractivity contribution in [1.29, 1.82) is 0 Å². The molecule has 0 aliphatic carbocycles. The van der Waals surface area contributed by atoms with Gasteiger partial charge in [0.2, 0.25) is 11.8 Å². The summed E-state index contributed by atoms with van der Waals surface area (Å²) in [6, 6.07) is 16.7. The van der Waals surface area contributed by atoms with Gasteiger partial charge in [0.25, 0.3) is 15.9 Å². The summed E-state index contributed by atoms with van der Waals surface area (Å²) in [6.45, 7) is 0.313. The summed E-state index contributed by atoms with van der Waals surface area (Å²) in [7, 11) is -3.89. The maximum Gasteiger partial charge on any atom is 0.264 e. The van der Waals surface area contributed by atoms with Crippen molar-refractivity contribution in [3.63, 3.8) is 0 Å². The number of anilines is 2. The van der Waals surface area contributed by atoms with E-state index in [1.165, 1.54) is 46.8 Å². The summed E-state index contributed by atoms with van der Waals surface area (Å²) < 4.78 is 27.9. The van der Waals surface area contributed by atoms with E-state index in [0.717, 1.165) is 5.56 Å². The maximum absolute atomic E-state index is 13.3. The zero-order valence-corrected chi connectivity index (χ0v) is 18.1. The van der Waals surface area contributed by atoms with Crippen molar-refractivity contribution < 1.29 is 22.8 Å². The molecule has 0 fully saturated rings. The molecule has 0 spiro atoms. The minimum absolute atomic E-state index is 0.00868. The van der Waals surface area contributed by atoms with Gasteiger partial charge in [-0.25, -0.2) is 8.42 Å². The summed E-state index contributed by atoms with van der Waals surface area (Å²) in [4.78, 5) is 35.9. The molecule has 4 rings (SSSR count). The van der Waals surface area contributed by atoms with Crippen LogP contribution in [-0.4, -0.2) is 32.7 Å². The molecule has 0 atom stereocenters. The number of para-hydroxylation sites is 1. The van der Waals surface area contributed by atoms with Gasteiger partial charge in [-0.05, 0) is 54.4 Å². The number of primary amides is 2. The van der Waals surface area contributed by atoms with Gasteiger partial charge in [-0.15, -0.1) is 0 Å². The molecular formula is C23H20N4O5S. The number of benzene rings is 3. The van der Waals surface area contributed by atoms with E-state index in [-0.39, 0.29) is 27.3 Å². The molecule has 9 nitrogen and oxygen atoms in total. The van der Waals surface area contributed by atoms with Gasteiger partial charge in [-0.1, -0.05) is 24.3 Å². The van der Waals surface area contributed by atoms with Gasteiger partial charge in [0, 0.05) is 28.9 Å². The summed E-state index contributed by atoms with van der Waals surface area (Å²) in [5.74, 6) is -2.23. The molecule has 0 radical (unpaired) electrons. The second-order valence-corrected chi connectivity index (χ2v) is 9.33. The van der Waals surface area contributed by atoms with Crippen molar-refractivity contribution in [1.82, 2.24) is 0 Å². The first kappa shape index (κ1) is 22.0. The number of rotatable bonds is 6. The van der Waals surface area contributed by atoms with Crippen LogP contribution < -0.4 is 21.1 Å². The monoisotopic (exact) mass is 464 g/mol. The highest BCUT2D eigenvalue weighted by Crippen LogP contribution is 2.32. The number of sulfonamides is 1. The van der Waals surface area contributed by atoms with Crippen LogP contribution >= 0.6 is 0 Å². The fraction of sp³-hybridized carbons (Fsp3) is 0.0870. The molecule has 1 heterocycles. The van der Waals surface area contributed by atoms with E-state index in [1.54, 1.807) is 12.1 Å². The normalized spacial score (nSPS) is 12.8. The second kappa shape index (κ2) is 8.40. The molecule has 0 saturated carbocycles. The quantitative estimate of drug-likeness (QED) is 0.508. The van der Waals surface area contributed by atoms with Crippen molar-refractivity contribution in [3.8, 4) is 0 Å². The number of nitrogens with one attached hydrogen (secondary N) is 1. The molecule has 1 aliphatic rings. The lowest BCUT2D eigenvalue weighted by Crippen LogP contribution is -2.29. The highest BCUT2D eigenvalue weighted by atomic mass is 32.2. The maximum atomic E-state index is 13.3. The zero-order valence-electron chi connectivity index (χ0n) is 17.3. The smallest absolute Gasteiger partial charge is 0.264 e. The van der Waals surface area contributed by atoms with Crippen LogP contribution in [0.1, 0.15) is 36.6 Å². The van der Waals surface area contributed by atoms with Gasteiger partial charge >= 0.3 is 0 Å². The molecule has 3 amide bonds. The average molecular weight is 465 g/mol. The number of carbonyl (C=O) groups excluding carboxylic acids is 3. The van der Waals surface area contributed by atoms with E-state index in [0.29, 0.717) is 18.7 Å². The Bertz CT molecular complexity index is 1370.